The van der Waals surface area contributed by atoms with Crippen molar-refractivity contribution in [2.45, 2.75) is 38.8 Å². The van der Waals surface area contributed by atoms with Gasteiger partial charge in [0.2, 0.25) is 23.6 Å². The van der Waals surface area contributed by atoms with Gasteiger partial charge in [-0.3, -0.25) is 24.2 Å². The number of aromatic nitrogens is 1. The number of esters is 1. The summed E-state index contributed by atoms with van der Waals surface area (Å²) < 4.78 is 20.8. The highest BCUT2D eigenvalue weighted by atomic mass is 16.6. The number of hydrogen-bond acceptors (Lipinski definition) is 10. The zero-order valence-electron chi connectivity index (χ0n) is 24.1. The number of ether oxygens (including phenoxy) is 4. The third-order valence-electron chi connectivity index (χ3n) is 5.74. The van der Waals surface area contributed by atoms with Gasteiger partial charge < -0.3 is 39.8 Å². The molecule has 1 fully saturated rings. The summed E-state index contributed by atoms with van der Waals surface area (Å²) in [5, 5.41) is 7.95. The van der Waals surface area contributed by atoms with Gasteiger partial charge in [0.1, 0.15) is 25.4 Å². The second-order valence-electron chi connectivity index (χ2n) is 10.3. The van der Waals surface area contributed by atoms with E-state index in [1.54, 1.807) is 51.2 Å². The number of nitrogens with zero attached hydrogens (tertiary/aromatic N) is 2. The largest absolute Gasteiger partial charge is 0.458 e. The van der Waals surface area contributed by atoms with E-state index in [0.717, 1.165) is 5.56 Å². The van der Waals surface area contributed by atoms with Crippen molar-refractivity contribution in [1.82, 2.24) is 25.8 Å². The molecule has 0 unspecified atom stereocenters. The van der Waals surface area contributed by atoms with E-state index in [0.29, 0.717) is 0 Å². The summed E-state index contributed by atoms with van der Waals surface area (Å²) >= 11 is 0. The van der Waals surface area contributed by atoms with E-state index in [-0.39, 0.29) is 95.4 Å². The Bertz CT molecular complexity index is 1020. The van der Waals surface area contributed by atoms with Crippen molar-refractivity contribution >= 4 is 29.6 Å². The summed E-state index contributed by atoms with van der Waals surface area (Å²) in [5.41, 5.74) is 0.209. The molecule has 228 valence electrons. The van der Waals surface area contributed by atoms with Crippen LogP contribution in [0.4, 0.5) is 0 Å². The van der Waals surface area contributed by atoms with Gasteiger partial charge >= 0.3 is 5.97 Å². The highest BCUT2D eigenvalue weighted by Gasteiger charge is 2.42. The van der Waals surface area contributed by atoms with E-state index in [1.807, 2.05) is 6.07 Å². The molecule has 0 saturated carbocycles. The number of carbonyl (C=O) groups is 5. The Morgan fingerprint density at radius 2 is 1.49 bits per heavy atom. The van der Waals surface area contributed by atoms with Gasteiger partial charge in [-0.25, -0.2) is 4.79 Å². The molecule has 2 atom stereocenters. The third kappa shape index (κ3) is 13.1. The highest BCUT2D eigenvalue weighted by molar-refractivity contribution is 5.90. The second kappa shape index (κ2) is 17.3. The van der Waals surface area contributed by atoms with Gasteiger partial charge in [0, 0.05) is 45.5 Å². The number of hydrogen-bond donors (Lipinski definition) is 3. The van der Waals surface area contributed by atoms with Crippen LogP contribution in [0.1, 0.15) is 38.8 Å². The first-order valence-electron chi connectivity index (χ1n) is 13.4. The predicted octanol–water partition coefficient (Wildman–Crippen LogP) is -0.659. The van der Waals surface area contributed by atoms with Crippen molar-refractivity contribution in [3.05, 3.63) is 30.1 Å². The Kier molecular flexibility index (Phi) is 14.1. The minimum absolute atomic E-state index is 0.110. The van der Waals surface area contributed by atoms with Crippen LogP contribution in [0.5, 0.6) is 0 Å². The molecule has 0 spiro atoms. The molecule has 14 heteroatoms. The lowest BCUT2D eigenvalue weighted by molar-refractivity contribution is -0.160. The van der Waals surface area contributed by atoms with Crippen LogP contribution in [0.25, 0.3) is 0 Å². The van der Waals surface area contributed by atoms with Crippen molar-refractivity contribution in [2.75, 3.05) is 66.3 Å². The zero-order valence-corrected chi connectivity index (χ0v) is 24.1. The maximum absolute atomic E-state index is 12.7. The number of likely N-dealkylation sites (tertiary alicyclic amines) is 1. The molecule has 4 amide bonds. The van der Waals surface area contributed by atoms with Crippen LogP contribution in [0, 0.1) is 5.92 Å². The van der Waals surface area contributed by atoms with Crippen molar-refractivity contribution in [3.63, 3.8) is 0 Å². The number of rotatable bonds is 17. The van der Waals surface area contributed by atoms with E-state index in [4.69, 9.17) is 18.9 Å². The zero-order chi connectivity index (χ0) is 30.3. The molecule has 0 aromatic carbocycles. The number of amides is 4. The Hall–Kier alpha value is -3.62. The van der Waals surface area contributed by atoms with Gasteiger partial charge in [-0.2, -0.15) is 0 Å². The Balaban J connectivity index is 1.47. The lowest BCUT2D eigenvalue weighted by atomic mass is 9.94. The smallest absolute Gasteiger partial charge is 0.332 e. The van der Waals surface area contributed by atoms with Gasteiger partial charge in [0.15, 0.2) is 0 Å². The van der Waals surface area contributed by atoms with E-state index >= 15 is 0 Å². The molecule has 2 heterocycles. The molecule has 41 heavy (non-hydrogen) atoms. The van der Waals surface area contributed by atoms with E-state index in [2.05, 4.69) is 20.9 Å². The Labute approximate surface area is 239 Å². The summed E-state index contributed by atoms with van der Waals surface area (Å²) in [6.45, 7) is 5.65. The summed E-state index contributed by atoms with van der Waals surface area (Å²) in [4.78, 5) is 65.7. The summed E-state index contributed by atoms with van der Waals surface area (Å²) in [6.07, 6.45) is 3.39. The third-order valence-corrected chi connectivity index (χ3v) is 5.74. The SMILES string of the molecule is CN1C(=O)C[C@H](C(=O)NCCOCC(=O)NCCOCC(=O)NCCOCC(=O)OC(C)(C)C)[C@H]1c1cccnc1. The molecule has 0 bridgehead atoms. The first kappa shape index (κ1) is 33.6. The average molecular weight is 580 g/mol. The lowest BCUT2D eigenvalue weighted by Crippen LogP contribution is -2.37. The fourth-order valence-corrected chi connectivity index (χ4v) is 3.97. The van der Waals surface area contributed by atoms with Gasteiger partial charge in [0.05, 0.1) is 31.8 Å². The van der Waals surface area contributed by atoms with Crippen LogP contribution >= 0.6 is 0 Å². The fraction of sp³-hybridized carbons (Fsp3) is 0.630. The maximum Gasteiger partial charge on any atom is 0.332 e. The van der Waals surface area contributed by atoms with Gasteiger partial charge in [0.25, 0.3) is 0 Å². The van der Waals surface area contributed by atoms with Crippen molar-refractivity contribution in [3.8, 4) is 0 Å². The average Bonchev–Trinajstić information content (AvgIpc) is 3.21. The van der Waals surface area contributed by atoms with Gasteiger partial charge in [-0.1, -0.05) is 6.07 Å². The minimum atomic E-state index is -0.583. The first-order valence-corrected chi connectivity index (χ1v) is 13.4. The molecule has 1 aromatic rings. The molecule has 3 N–H and O–H groups in total. The molecule has 0 aliphatic carbocycles. The van der Waals surface area contributed by atoms with Crippen LogP contribution in [-0.2, 0) is 42.9 Å². The van der Waals surface area contributed by atoms with Gasteiger partial charge in [-0.05, 0) is 32.4 Å². The highest BCUT2D eigenvalue weighted by Crippen LogP contribution is 2.36. The maximum atomic E-state index is 12.7. The van der Waals surface area contributed by atoms with E-state index < -0.39 is 17.5 Å². The normalized spacial score (nSPS) is 16.8. The topological polar surface area (TPSA) is 174 Å². The molecule has 1 aliphatic heterocycles. The molecule has 0 radical (unpaired) electrons. The quantitative estimate of drug-likeness (QED) is 0.159. The van der Waals surface area contributed by atoms with Crippen LogP contribution in [0.15, 0.2) is 24.5 Å². The molecular weight excluding hydrogens is 538 g/mol. The summed E-state index contributed by atoms with van der Waals surface area (Å²) in [7, 11) is 1.67. The standard InChI is InChI=1S/C27H41N5O9/c1-27(2,3)41-24(36)18-40-12-9-30-21(33)16-38-11-8-29-22(34)17-39-13-10-31-26(37)20-14-23(35)32(4)25(20)19-6-5-7-28-15-19/h5-7,15,20,25H,8-14,16-18H2,1-4H3,(H,29,34)(H,30,33)(H,31,37)/t20-,25+/m0/s1. The molecular formula is C27H41N5O9. The van der Waals surface area contributed by atoms with Crippen molar-refractivity contribution < 1.29 is 42.9 Å². The van der Waals surface area contributed by atoms with Crippen molar-refractivity contribution in [2.24, 2.45) is 5.92 Å². The van der Waals surface area contributed by atoms with Crippen molar-refractivity contribution in [1.29, 1.82) is 0 Å². The van der Waals surface area contributed by atoms with E-state index in [1.165, 1.54) is 0 Å². The molecule has 1 aliphatic rings. The first-order chi connectivity index (χ1) is 19.5. The predicted molar refractivity (Wildman–Crippen MR) is 145 cm³/mol. The number of nitrogens with one attached hydrogen (secondary N) is 3. The molecule has 1 saturated heterocycles. The minimum Gasteiger partial charge on any atom is -0.458 e. The fourth-order valence-electron chi connectivity index (χ4n) is 3.97. The van der Waals surface area contributed by atoms with E-state index in [9.17, 15) is 24.0 Å². The monoisotopic (exact) mass is 579 g/mol. The van der Waals surface area contributed by atoms with Crippen LogP contribution in [-0.4, -0.2) is 111 Å². The second-order valence-corrected chi connectivity index (χ2v) is 10.3. The van der Waals surface area contributed by atoms with Crippen LogP contribution < -0.4 is 16.0 Å². The Morgan fingerprint density at radius 3 is 2.02 bits per heavy atom. The van der Waals surface area contributed by atoms with Crippen LogP contribution in [0.3, 0.4) is 0 Å². The summed E-state index contributed by atoms with van der Waals surface area (Å²) in [6, 6.07) is 3.21. The number of pyridine rings is 1. The molecule has 14 nitrogen and oxygen atoms in total. The van der Waals surface area contributed by atoms with Crippen LogP contribution in [0.2, 0.25) is 0 Å². The molecule has 1 aromatic heterocycles. The summed E-state index contributed by atoms with van der Waals surface area (Å²) in [5.74, 6) is -2.13. The lowest BCUT2D eigenvalue weighted by Gasteiger charge is -2.24. The molecule has 2 rings (SSSR count). The van der Waals surface area contributed by atoms with Gasteiger partial charge in [-0.15, -0.1) is 0 Å². The number of carbonyl (C=O) groups excluding carboxylic acids is 5. The Morgan fingerprint density at radius 1 is 0.927 bits per heavy atom.